The first kappa shape index (κ1) is 11.4. The summed E-state index contributed by atoms with van der Waals surface area (Å²) in [4.78, 5) is 17.1. The van der Waals surface area contributed by atoms with E-state index < -0.39 is 0 Å². The Hall–Kier alpha value is -1.66. The highest BCUT2D eigenvalue weighted by Gasteiger charge is 2.14. The SMILES string of the molecule is CN(CCO)C(=O)c1ccncc1NN. The Labute approximate surface area is 87.7 Å². The fourth-order valence-electron chi connectivity index (χ4n) is 1.15. The van der Waals surface area contributed by atoms with Crippen molar-refractivity contribution >= 4 is 11.6 Å². The van der Waals surface area contributed by atoms with Crippen molar-refractivity contribution in [3.05, 3.63) is 24.0 Å². The number of pyridine rings is 1. The van der Waals surface area contributed by atoms with Crippen molar-refractivity contribution in [2.75, 3.05) is 25.6 Å². The van der Waals surface area contributed by atoms with Crippen LogP contribution in [0, 0.1) is 0 Å². The van der Waals surface area contributed by atoms with Gasteiger partial charge in [-0.05, 0) is 6.07 Å². The molecule has 0 unspecified atom stereocenters. The van der Waals surface area contributed by atoms with Crippen LogP contribution in [0.5, 0.6) is 0 Å². The van der Waals surface area contributed by atoms with Crippen molar-refractivity contribution in [3.63, 3.8) is 0 Å². The van der Waals surface area contributed by atoms with Crippen LogP contribution in [0.25, 0.3) is 0 Å². The summed E-state index contributed by atoms with van der Waals surface area (Å²) in [6.07, 6.45) is 2.99. The number of nitrogens with zero attached hydrogens (tertiary/aromatic N) is 2. The number of hydrogen-bond donors (Lipinski definition) is 3. The summed E-state index contributed by atoms with van der Waals surface area (Å²) in [5, 5.41) is 8.71. The summed E-state index contributed by atoms with van der Waals surface area (Å²) in [5.41, 5.74) is 3.30. The van der Waals surface area contributed by atoms with Crippen molar-refractivity contribution in [2.24, 2.45) is 5.84 Å². The molecule has 1 aromatic rings. The Morgan fingerprint density at radius 3 is 3.07 bits per heavy atom. The highest BCUT2D eigenvalue weighted by molar-refractivity contribution is 5.99. The number of nitrogens with two attached hydrogens (primary N) is 1. The second-order valence-corrected chi connectivity index (χ2v) is 3.02. The summed E-state index contributed by atoms with van der Waals surface area (Å²) in [6, 6.07) is 1.57. The van der Waals surface area contributed by atoms with Gasteiger partial charge in [0.05, 0.1) is 24.1 Å². The molecule has 4 N–H and O–H groups in total. The third-order valence-corrected chi connectivity index (χ3v) is 1.99. The van der Waals surface area contributed by atoms with Gasteiger partial charge in [-0.2, -0.15) is 0 Å². The fourth-order valence-corrected chi connectivity index (χ4v) is 1.15. The molecule has 0 spiro atoms. The number of hydrazine groups is 1. The number of amides is 1. The first-order valence-electron chi connectivity index (χ1n) is 4.47. The maximum atomic E-state index is 11.8. The summed E-state index contributed by atoms with van der Waals surface area (Å²) in [7, 11) is 1.61. The largest absolute Gasteiger partial charge is 0.395 e. The Balaban J connectivity index is 2.90. The van der Waals surface area contributed by atoms with E-state index in [1.54, 1.807) is 13.1 Å². The van der Waals surface area contributed by atoms with E-state index in [2.05, 4.69) is 10.4 Å². The summed E-state index contributed by atoms with van der Waals surface area (Å²) >= 11 is 0. The molecule has 0 saturated heterocycles. The zero-order valence-electron chi connectivity index (χ0n) is 8.47. The smallest absolute Gasteiger partial charge is 0.255 e. The molecule has 1 heterocycles. The van der Waals surface area contributed by atoms with Gasteiger partial charge >= 0.3 is 0 Å². The van der Waals surface area contributed by atoms with E-state index in [9.17, 15) is 4.79 Å². The van der Waals surface area contributed by atoms with Crippen molar-refractivity contribution in [1.29, 1.82) is 0 Å². The average molecular weight is 210 g/mol. The molecule has 82 valence electrons. The summed E-state index contributed by atoms with van der Waals surface area (Å²) in [6.45, 7) is 0.212. The van der Waals surface area contributed by atoms with Crippen molar-refractivity contribution < 1.29 is 9.90 Å². The Morgan fingerprint density at radius 1 is 1.73 bits per heavy atom. The molecule has 1 rings (SSSR count). The minimum Gasteiger partial charge on any atom is -0.395 e. The number of nitrogens with one attached hydrogen (secondary N) is 1. The van der Waals surface area contributed by atoms with Gasteiger partial charge in [0.15, 0.2) is 0 Å². The molecular formula is C9H14N4O2. The number of carbonyl (C=O) groups is 1. The molecule has 0 saturated carbocycles. The molecule has 0 aliphatic carbocycles. The van der Waals surface area contributed by atoms with Gasteiger partial charge in [-0.15, -0.1) is 0 Å². The topological polar surface area (TPSA) is 91.5 Å². The van der Waals surface area contributed by atoms with Crippen molar-refractivity contribution in [1.82, 2.24) is 9.88 Å². The van der Waals surface area contributed by atoms with Gasteiger partial charge in [0.25, 0.3) is 5.91 Å². The fraction of sp³-hybridized carbons (Fsp3) is 0.333. The van der Waals surface area contributed by atoms with E-state index in [-0.39, 0.29) is 19.1 Å². The first-order valence-corrected chi connectivity index (χ1v) is 4.47. The second kappa shape index (κ2) is 5.28. The lowest BCUT2D eigenvalue weighted by Gasteiger charge is -2.17. The quantitative estimate of drug-likeness (QED) is 0.457. The van der Waals surface area contributed by atoms with E-state index in [4.69, 9.17) is 10.9 Å². The molecular weight excluding hydrogens is 196 g/mol. The molecule has 0 aliphatic rings. The van der Waals surface area contributed by atoms with Gasteiger partial charge in [-0.3, -0.25) is 15.6 Å². The molecule has 0 bridgehead atoms. The monoisotopic (exact) mass is 210 g/mol. The average Bonchev–Trinajstić information content (AvgIpc) is 2.28. The number of likely N-dealkylation sites (N-methyl/N-ethyl adjacent to an activating group) is 1. The van der Waals surface area contributed by atoms with Crippen LogP contribution < -0.4 is 11.3 Å². The molecule has 1 amide bonds. The third kappa shape index (κ3) is 2.64. The standard InChI is InChI=1S/C9H14N4O2/c1-13(4-5-14)9(15)7-2-3-11-6-8(7)12-10/h2-3,6,12,14H,4-5,10H2,1H3. The molecule has 0 aliphatic heterocycles. The number of aliphatic hydroxyl groups is 1. The van der Waals surface area contributed by atoms with E-state index >= 15 is 0 Å². The lowest BCUT2D eigenvalue weighted by Crippen LogP contribution is -2.30. The molecule has 1 aromatic heterocycles. The van der Waals surface area contributed by atoms with Crippen LogP contribution in [0.2, 0.25) is 0 Å². The van der Waals surface area contributed by atoms with Gasteiger partial charge in [-0.25, -0.2) is 0 Å². The number of aromatic nitrogens is 1. The number of carbonyl (C=O) groups excluding carboxylic acids is 1. The maximum absolute atomic E-state index is 11.8. The van der Waals surface area contributed by atoms with E-state index in [0.29, 0.717) is 11.3 Å². The minimum atomic E-state index is -0.209. The predicted octanol–water partition coefficient (Wildman–Crippen LogP) is -0.569. The number of rotatable bonds is 4. The molecule has 0 radical (unpaired) electrons. The third-order valence-electron chi connectivity index (χ3n) is 1.99. The van der Waals surface area contributed by atoms with Crippen LogP contribution in [-0.2, 0) is 0 Å². The van der Waals surface area contributed by atoms with E-state index in [1.165, 1.54) is 17.3 Å². The van der Waals surface area contributed by atoms with Crippen LogP contribution in [0.15, 0.2) is 18.5 Å². The molecule has 6 heteroatoms. The second-order valence-electron chi connectivity index (χ2n) is 3.02. The van der Waals surface area contributed by atoms with Crippen LogP contribution in [0.1, 0.15) is 10.4 Å². The van der Waals surface area contributed by atoms with Crippen LogP contribution in [0.4, 0.5) is 5.69 Å². The lowest BCUT2D eigenvalue weighted by molar-refractivity contribution is 0.0768. The van der Waals surface area contributed by atoms with Crippen LogP contribution in [-0.4, -0.2) is 41.1 Å². The number of anilines is 1. The zero-order valence-corrected chi connectivity index (χ0v) is 8.47. The minimum absolute atomic E-state index is 0.0707. The molecule has 6 nitrogen and oxygen atoms in total. The highest BCUT2D eigenvalue weighted by Crippen LogP contribution is 2.13. The zero-order chi connectivity index (χ0) is 11.3. The highest BCUT2D eigenvalue weighted by atomic mass is 16.3. The normalized spacial score (nSPS) is 9.80. The number of hydrogen-bond acceptors (Lipinski definition) is 5. The van der Waals surface area contributed by atoms with Crippen molar-refractivity contribution in [3.8, 4) is 0 Å². The Bertz CT molecular complexity index is 343. The summed E-state index contributed by atoms with van der Waals surface area (Å²) < 4.78 is 0. The van der Waals surface area contributed by atoms with Gasteiger partial charge in [0, 0.05) is 19.8 Å². The van der Waals surface area contributed by atoms with Gasteiger partial charge in [-0.1, -0.05) is 0 Å². The molecule has 0 fully saturated rings. The Morgan fingerprint density at radius 2 is 2.47 bits per heavy atom. The van der Waals surface area contributed by atoms with E-state index in [1.807, 2.05) is 0 Å². The number of nitrogen functional groups attached to an aromatic ring is 1. The number of aliphatic hydroxyl groups excluding tert-OH is 1. The van der Waals surface area contributed by atoms with Crippen LogP contribution >= 0.6 is 0 Å². The molecule has 0 atom stereocenters. The predicted molar refractivity (Wildman–Crippen MR) is 56.1 cm³/mol. The van der Waals surface area contributed by atoms with Crippen molar-refractivity contribution in [2.45, 2.75) is 0 Å². The first-order chi connectivity index (χ1) is 7.20. The summed E-state index contributed by atoms with van der Waals surface area (Å²) in [5.74, 6) is 5.04. The van der Waals surface area contributed by atoms with Gasteiger partial charge < -0.3 is 15.4 Å². The van der Waals surface area contributed by atoms with Gasteiger partial charge in [0.2, 0.25) is 0 Å². The van der Waals surface area contributed by atoms with Gasteiger partial charge in [0.1, 0.15) is 0 Å². The molecule has 0 aromatic carbocycles. The van der Waals surface area contributed by atoms with E-state index in [0.717, 1.165) is 0 Å². The maximum Gasteiger partial charge on any atom is 0.255 e. The Kier molecular flexibility index (Phi) is 4.02. The molecule has 15 heavy (non-hydrogen) atoms. The lowest BCUT2D eigenvalue weighted by atomic mass is 10.2. The van der Waals surface area contributed by atoms with Crippen LogP contribution in [0.3, 0.4) is 0 Å².